The number of fused-ring (bicyclic) bond motifs is 1. The lowest BCUT2D eigenvalue weighted by Crippen LogP contribution is -2.54. The van der Waals surface area contributed by atoms with Crippen LogP contribution in [0.2, 0.25) is 0 Å². The molecule has 0 bridgehead atoms. The third-order valence-electron chi connectivity index (χ3n) is 4.56. The van der Waals surface area contributed by atoms with E-state index in [1.165, 1.54) is 0 Å². The molecule has 2 aliphatic heterocycles. The monoisotopic (exact) mass is 325 g/mol. The maximum Gasteiger partial charge on any atom is 0.278 e. The minimum absolute atomic E-state index is 0.157. The number of benzene rings is 1. The van der Waals surface area contributed by atoms with Crippen LogP contribution in [0.25, 0.3) is 0 Å². The van der Waals surface area contributed by atoms with E-state index in [0.29, 0.717) is 37.6 Å². The lowest BCUT2D eigenvalue weighted by Gasteiger charge is -2.35. The van der Waals surface area contributed by atoms with Crippen LogP contribution < -0.4 is 5.01 Å². The second kappa shape index (κ2) is 5.98. The third kappa shape index (κ3) is 2.39. The van der Waals surface area contributed by atoms with Gasteiger partial charge < -0.3 is 9.84 Å². The van der Waals surface area contributed by atoms with Crippen LogP contribution in [-0.4, -0.2) is 47.3 Å². The summed E-state index contributed by atoms with van der Waals surface area (Å²) in [7, 11) is 0. The Morgan fingerprint density at radius 1 is 1.12 bits per heavy atom. The number of pyridine rings is 1. The fourth-order valence-electron chi connectivity index (χ4n) is 3.38. The van der Waals surface area contributed by atoms with Gasteiger partial charge in [-0.15, -0.1) is 0 Å². The van der Waals surface area contributed by atoms with Gasteiger partial charge in [0, 0.05) is 37.0 Å². The highest BCUT2D eigenvalue weighted by molar-refractivity contribution is 6.06. The van der Waals surface area contributed by atoms with Gasteiger partial charge >= 0.3 is 0 Å². The number of para-hydroxylation sites is 1. The van der Waals surface area contributed by atoms with Gasteiger partial charge in [-0.3, -0.25) is 9.78 Å². The Morgan fingerprint density at radius 2 is 1.88 bits per heavy atom. The molecule has 0 radical (unpaired) electrons. The van der Waals surface area contributed by atoms with Crippen LogP contribution >= 0.6 is 0 Å². The number of hydrazine groups is 1. The summed E-state index contributed by atoms with van der Waals surface area (Å²) in [6.45, 7) is 2.40. The van der Waals surface area contributed by atoms with Gasteiger partial charge in [-0.2, -0.15) is 0 Å². The third-order valence-corrected chi connectivity index (χ3v) is 4.56. The summed E-state index contributed by atoms with van der Waals surface area (Å²) in [5.74, 6) is -0.323. The van der Waals surface area contributed by atoms with Gasteiger partial charge in [0.25, 0.3) is 5.91 Å². The van der Waals surface area contributed by atoms with Gasteiger partial charge in [0.15, 0.2) is 5.60 Å². The number of rotatable bonds is 3. The van der Waals surface area contributed by atoms with Crippen molar-refractivity contribution in [3.8, 4) is 0 Å². The number of hydrogen-bond donors (Lipinski definition) is 1. The Balaban J connectivity index is 1.74. The quantitative estimate of drug-likeness (QED) is 0.916. The molecule has 1 amide bonds. The van der Waals surface area contributed by atoms with Crippen LogP contribution in [0.5, 0.6) is 0 Å². The predicted octanol–water partition coefficient (Wildman–Crippen LogP) is 1.11. The van der Waals surface area contributed by atoms with Crippen LogP contribution in [-0.2, 0) is 21.6 Å². The summed E-state index contributed by atoms with van der Waals surface area (Å²) >= 11 is 0. The van der Waals surface area contributed by atoms with E-state index in [0.717, 1.165) is 5.69 Å². The van der Waals surface area contributed by atoms with Crippen LogP contribution in [0.3, 0.4) is 0 Å². The fourth-order valence-corrected chi connectivity index (χ4v) is 3.38. The first kappa shape index (κ1) is 15.3. The second-order valence-electron chi connectivity index (χ2n) is 6.06. The van der Waals surface area contributed by atoms with Crippen molar-refractivity contribution in [2.45, 2.75) is 12.0 Å². The van der Waals surface area contributed by atoms with Gasteiger partial charge in [0.1, 0.15) is 0 Å². The molecule has 1 fully saturated rings. The molecule has 0 spiro atoms. The molecule has 1 saturated heterocycles. The van der Waals surface area contributed by atoms with Crippen LogP contribution in [0.4, 0.5) is 5.69 Å². The molecule has 2 aliphatic rings. The maximum atomic E-state index is 13.2. The molecule has 1 N–H and O–H groups in total. The highest BCUT2D eigenvalue weighted by Crippen LogP contribution is 2.42. The molecule has 6 nitrogen and oxygen atoms in total. The van der Waals surface area contributed by atoms with Crippen molar-refractivity contribution in [3.63, 3.8) is 0 Å². The van der Waals surface area contributed by atoms with Crippen LogP contribution in [0.1, 0.15) is 11.3 Å². The SMILES string of the molecule is O=C1N(N2CCOCC2)c2ccccc2C1(O)Cc1ccccn1. The lowest BCUT2D eigenvalue weighted by molar-refractivity contribution is -0.140. The zero-order valence-corrected chi connectivity index (χ0v) is 13.3. The number of anilines is 1. The number of ether oxygens (including phenoxy) is 1. The zero-order valence-electron chi connectivity index (χ0n) is 13.3. The number of carbonyl (C=O) groups is 1. The molecule has 24 heavy (non-hydrogen) atoms. The van der Waals surface area contributed by atoms with Crippen molar-refractivity contribution in [1.82, 2.24) is 9.99 Å². The van der Waals surface area contributed by atoms with Crippen molar-refractivity contribution in [2.24, 2.45) is 0 Å². The van der Waals surface area contributed by atoms with E-state index in [1.54, 1.807) is 11.2 Å². The van der Waals surface area contributed by atoms with E-state index in [-0.39, 0.29) is 12.3 Å². The first-order valence-corrected chi connectivity index (χ1v) is 8.09. The molecular weight excluding hydrogens is 306 g/mol. The minimum atomic E-state index is -1.59. The Labute approximate surface area is 140 Å². The normalized spacial score (nSPS) is 24.2. The largest absolute Gasteiger partial charge is 0.379 e. The molecule has 0 saturated carbocycles. The lowest BCUT2D eigenvalue weighted by atomic mass is 9.90. The highest BCUT2D eigenvalue weighted by atomic mass is 16.5. The van der Waals surface area contributed by atoms with Gasteiger partial charge in [-0.1, -0.05) is 24.3 Å². The number of morpholine rings is 1. The summed E-state index contributed by atoms with van der Waals surface area (Å²) in [6, 6.07) is 12.9. The smallest absolute Gasteiger partial charge is 0.278 e. The number of nitrogens with zero attached hydrogens (tertiary/aromatic N) is 3. The van der Waals surface area contributed by atoms with Gasteiger partial charge in [0.2, 0.25) is 0 Å². The number of aliphatic hydroxyl groups is 1. The standard InChI is InChI=1S/C18H19N3O3/c22-17-18(23,13-14-5-3-4-8-19-14)15-6-1-2-7-16(15)21(17)20-9-11-24-12-10-20/h1-8,23H,9-13H2. The molecule has 1 atom stereocenters. The van der Waals surface area contributed by atoms with Gasteiger partial charge in [-0.25, -0.2) is 10.0 Å². The summed E-state index contributed by atoms with van der Waals surface area (Å²) in [5.41, 5.74) is 0.463. The molecule has 124 valence electrons. The van der Waals surface area contributed by atoms with E-state index >= 15 is 0 Å². The predicted molar refractivity (Wildman–Crippen MR) is 88.2 cm³/mol. The first-order chi connectivity index (χ1) is 11.7. The Kier molecular flexibility index (Phi) is 3.80. The Bertz CT molecular complexity index is 746. The maximum absolute atomic E-state index is 13.2. The molecule has 2 aromatic rings. The van der Waals surface area contributed by atoms with Crippen molar-refractivity contribution in [1.29, 1.82) is 0 Å². The summed E-state index contributed by atoms with van der Waals surface area (Å²) in [6.07, 6.45) is 1.83. The highest BCUT2D eigenvalue weighted by Gasteiger charge is 2.51. The molecule has 1 aromatic carbocycles. The van der Waals surface area contributed by atoms with E-state index in [1.807, 2.05) is 47.5 Å². The summed E-state index contributed by atoms with van der Waals surface area (Å²) in [4.78, 5) is 17.4. The van der Waals surface area contributed by atoms with Crippen molar-refractivity contribution in [3.05, 3.63) is 59.9 Å². The summed E-state index contributed by atoms with van der Waals surface area (Å²) < 4.78 is 5.38. The molecule has 0 aliphatic carbocycles. The van der Waals surface area contributed by atoms with Crippen molar-refractivity contribution in [2.75, 3.05) is 31.3 Å². The molecular formula is C18H19N3O3. The first-order valence-electron chi connectivity index (χ1n) is 8.09. The van der Waals surface area contributed by atoms with Gasteiger partial charge in [-0.05, 0) is 18.2 Å². The number of hydrogen-bond acceptors (Lipinski definition) is 5. The van der Waals surface area contributed by atoms with E-state index < -0.39 is 5.60 Å². The summed E-state index contributed by atoms with van der Waals surface area (Å²) in [5, 5.41) is 14.8. The molecule has 6 heteroatoms. The van der Waals surface area contributed by atoms with E-state index in [4.69, 9.17) is 4.74 Å². The average molecular weight is 325 g/mol. The van der Waals surface area contributed by atoms with E-state index in [9.17, 15) is 9.90 Å². The number of aromatic nitrogens is 1. The molecule has 1 aromatic heterocycles. The number of carbonyl (C=O) groups excluding carboxylic acids is 1. The zero-order chi connectivity index (χ0) is 16.6. The Hall–Kier alpha value is -2.28. The minimum Gasteiger partial charge on any atom is -0.379 e. The van der Waals surface area contributed by atoms with E-state index in [2.05, 4.69) is 4.98 Å². The van der Waals surface area contributed by atoms with Gasteiger partial charge in [0.05, 0.1) is 18.9 Å². The van der Waals surface area contributed by atoms with Crippen molar-refractivity contribution < 1.29 is 14.6 Å². The average Bonchev–Trinajstić information content (AvgIpc) is 2.85. The second-order valence-corrected chi connectivity index (χ2v) is 6.06. The fraction of sp³-hybridized carbons (Fsp3) is 0.333. The molecule has 3 heterocycles. The van der Waals surface area contributed by atoms with Crippen molar-refractivity contribution >= 4 is 11.6 Å². The number of amides is 1. The van der Waals surface area contributed by atoms with Crippen LogP contribution in [0, 0.1) is 0 Å². The topological polar surface area (TPSA) is 65.9 Å². The Morgan fingerprint density at radius 3 is 2.62 bits per heavy atom. The van der Waals surface area contributed by atoms with Crippen LogP contribution in [0.15, 0.2) is 48.7 Å². The molecule has 4 rings (SSSR count). The molecule has 1 unspecified atom stereocenters.